The third kappa shape index (κ3) is 5.29. The van der Waals surface area contributed by atoms with Gasteiger partial charge in [0.1, 0.15) is 11.3 Å². The number of hydrogen-bond donors (Lipinski definition) is 1. The minimum Gasteiger partial charge on any atom is -0.423 e. The van der Waals surface area contributed by atoms with Crippen LogP contribution in [0, 0.1) is 3.57 Å². The summed E-state index contributed by atoms with van der Waals surface area (Å²) < 4.78 is 6.36. The fourth-order valence-corrected chi connectivity index (χ4v) is 3.56. The SMILES string of the molecule is O=C(/C=C/c1ccccc1)Oc1ccccc1/C=C1/C(=O)NC(=O)N(c2ccc(I)cc2)C1=O. The number of imide groups is 2. The van der Waals surface area contributed by atoms with E-state index in [0.717, 1.165) is 14.0 Å². The van der Waals surface area contributed by atoms with Gasteiger partial charge in [0.25, 0.3) is 11.8 Å². The quantitative estimate of drug-likeness (QED) is 0.161. The van der Waals surface area contributed by atoms with Gasteiger partial charge in [0.05, 0.1) is 5.69 Å². The van der Waals surface area contributed by atoms with Gasteiger partial charge >= 0.3 is 12.0 Å². The molecule has 7 nitrogen and oxygen atoms in total. The smallest absolute Gasteiger partial charge is 0.336 e. The summed E-state index contributed by atoms with van der Waals surface area (Å²) >= 11 is 2.11. The first kappa shape index (κ1) is 23.1. The molecule has 0 radical (unpaired) electrons. The van der Waals surface area contributed by atoms with Crippen molar-refractivity contribution in [2.45, 2.75) is 0 Å². The molecule has 4 rings (SSSR count). The van der Waals surface area contributed by atoms with Gasteiger partial charge in [-0.05, 0) is 70.6 Å². The lowest BCUT2D eigenvalue weighted by Crippen LogP contribution is -2.54. The first-order valence-corrected chi connectivity index (χ1v) is 11.2. The Morgan fingerprint density at radius 3 is 2.29 bits per heavy atom. The molecule has 0 bridgehead atoms. The zero-order chi connectivity index (χ0) is 24.1. The summed E-state index contributed by atoms with van der Waals surface area (Å²) in [6, 6.07) is 21.6. The van der Waals surface area contributed by atoms with Gasteiger partial charge in [-0.25, -0.2) is 14.5 Å². The molecule has 1 saturated heterocycles. The van der Waals surface area contributed by atoms with E-state index in [4.69, 9.17) is 4.74 Å². The molecule has 3 aromatic rings. The predicted octanol–water partition coefficient (Wildman–Crippen LogP) is 4.58. The maximum atomic E-state index is 13.1. The summed E-state index contributed by atoms with van der Waals surface area (Å²) in [5.74, 6) is -2.07. The van der Waals surface area contributed by atoms with Crippen molar-refractivity contribution in [3.8, 4) is 5.75 Å². The van der Waals surface area contributed by atoms with E-state index >= 15 is 0 Å². The number of hydrogen-bond acceptors (Lipinski definition) is 5. The molecule has 0 spiro atoms. The van der Waals surface area contributed by atoms with E-state index in [9.17, 15) is 19.2 Å². The number of amides is 4. The van der Waals surface area contributed by atoms with Crippen LogP contribution >= 0.6 is 22.6 Å². The Hall–Kier alpha value is -4.05. The number of nitrogens with one attached hydrogen (secondary N) is 1. The molecule has 0 atom stereocenters. The molecule has 0 aliphatic carbocycles. The van der Waals surface area contributed by atoms with Crippen LogP contribution in [0.25, 0.3) is 12.2 Å². The fourth-order valence-electron chi connectivity index (χ4n) is 3.20. The van der Waals surface area contributed by atoms with Crippen molar-refractivity contribution in [3.05, 3.63) is 105 Å². The van der Waals surface area contributed by atoms with Crippen LogP contribution in [-0.2, 0) is 14.4 Å². The number of rotatable bonds is 5. The van der Waals surface area contributed by atoms with Gasteiger partial charge in [0.15, 0.2) is 0 Å². The second-order valence-electron chi connectivity index (χ2n) is 7.14. The van der Waals surface area contributed by atoms with Crippen molar-refractivity contribution in [2.75, 3.05) is 4.90 Å². The van der Waals surface area contributed by atoms with Gasteiger partial charge in [-0.3, -0.25) is 14.9 Å². The van der Waals surface area contributed by atoms with Gasteiger partial charge in [-0.15, -0.1) is 0 Å². The Bertz CT molecular complexity index is 1330. The molecule has 1 heterocycles. The second-order valence-corrected chi connectivity index (χ2v) is 8.38. The first-order valence-electron chi connectivity index (χ1n) is 10.1. The molecule has 0 unspecified atom stereocenters. The number of urea groups is 1. The highest BCUT2D eigenvalue weighted by atomic mass is 127. The van der Waals surface area contributed by atoms with E-state index in [1.54, 1.807) is 54.6 Å². The van der Waals surface area contributed by atoms with Crippen molar-refractivity contribution >= 4 is 64.2 Å². The Balaban J connectivity index is 1.60. The topological polar surface area (TPSA) is 92.8 Å². The lowest BCUT2D eigenvalue weighted by Gasteiger charge is -2.26. The monoisotopic (exact) mass is 564 g/mol. The molecular weight excluding hydrogens is 547 g/mol. The number of carbonyl (C=O) groups excluding carboxylic acids is 4. The highest BCUT2D eigenvalue weighted by Crippen LogP contribution is 2.26. The Labute approximate surface area is 208 Å². The van der Waals surface area contributed by atoms with Crippen LogP contribution in [0.5, 0.6) is 5.75 Å². The average molecular weight is 564 g/mol. The van der Waals surface area contributed by atoms with Crippen molar-refractivity contribution in [1.29, 1.82) is 0 Å². The summed E-state index contributed by atoms with van der Waals surface area (Å²) in [6.45, 7) is 0. The molecule has 0 aromatic heterocycles. The number of nitrogens with zero attached hydrogens (tertiary/aromatic N) is 1. The Morgan fingerprint density at radius 2 is 1.56 bits per heavy atom. The van der Waals surface area contributed by atoms with Crippen molar-refractivity contribution in [3.63, 3.8) is 0 Å². The summed E-state index contributed by atoms with van der Waals surface area (Å²) in [4.78, 5) is 51.2. The van der Waals surface area contributed by atoms with Gasteiger partial charge in [0.2, 0.25) is 0 Å². The molecule has 8 heteroatoms. The van der Waals surface area contributed by atoms with E-state index in [-0.39, 0.29) is 11.3 Å². The van der Waals surface area contributed by atoms with E-state index in [1.165, 1.54) is 12.2 Å². The molecule has 0 saturated carbocycles. The molecule has 34 heavy (non-hydrogen) atoms. The lowest BCUT2D eigenvalue weighted by molar-refractivity contribution is -0.129. The largest absolute Gasteiger partial charge is 0.423 e. The third-order valence-corrected chi connectivity index (χ3v) is 5.55. The van der Waals surface area contributed by atoms with Crippen LogP contribution in [0.4, 0.5) is 10.5 Å². The number of barbiturate groups is 1. The molecule has 1 aliphatic rings. The summed E-state index contributed by atoms with van der Waals surface area (Å²) in [7, 11) is 0. The molecule has 4 amide bonds. The fraction of sp³-hybridized carbons (Fsp3) is 0. The van der Waals surface area contributed by atoms with Crippen LogP contribution in [0.1, 0.15) is 11.1 Å². The average Bonchev–Trinajstić information content (AvgIpc) is 2.83. The van der Waals surface area contributed by atoms with E-state index in [1.807, 2.05) is 30.3 Å². The zero-order valence-corrected chi connectivity index (χ0v) is 19.8. The van der Waals surface area contributed by atoms with E-state index in [2.05, 4.69) is 27.9 Å². The molecular formula is C26H17IN2O5. The zero-order valence-electron chi connectivity index (χ0n) is 17.6. The molecule has 1 aliphatic heterocycles. The first-order chi connectivity index (χ1) is 16.4. The molecule has 168 valence electrons. The van der Waals surface area contributed by atoms with Gasteiger partial charge in [-0.2, -0.15) is 0 Å². The van der Waals surface area contributed by atoms with Crippen LogP contribution in [-0.4, -0.2) is 23.8 Å². The normalized spacial score (nSPS) is 15.0. The predicted molar refractivity (Wildman–Crippen MR) is 136 cm³/mol. The minimum atomic E-state index is -0.834. The maximum Gasteiger partial charge on any atom is 0.336 e. The van der Waals surface area contributed by atoms with E-state index in [0.29, 0.717) is 11.3 Å². The summed E-state index contributed by atoms with van der Waals surface area (Å²) in [5, 5.41) is 2.18. The lowest BCUT2D eigenvalue weighted by atomic mass is 10.1. The van der Waals surface area contributed by atoms with Gasteiger partial charge in [0, 0.05) is 15.2 Å². The Morgan fingerprint density at radius 1 is 0.882 bits per heavy atom. The number of esters is 1. The van der Waals surface area contributed by atoms with Crippen LogP contribution in [0.15, 0.2) is 90.5 Å². The van der Waals surface area contributed by atoms with E-state index < -0.39 is 23.8 Å². The van der Waals surface area contributed by atoms with Crippen LogP contribution in [0.3, 0.4) is 0 Å². The Kier molecular flexibility index (Phi) is 6.98. The van der Waals surface area contributed by atoms with Crippen molar-refractivity contribution in [2.24, 2.45) is 0 Å². The summed E-state index contributed by atoms with van der Waals surface area (Å²) in [6.07, 6.45) is 4.20. The number of para-hydroxylation sites is 1. The van der Waals surface area contributed by atoms with Gasteiger partial charge in [-0.1, -0.05) is 48.5 Å². The second kappa shape index (κ2) is 10.3. The standard InChI is InChI=1S/C26H17IN2O5/c27-19-11-13-20(14-12-19)29-25(32)21(24(31)28-26(29)33)16-18-8-4-5-9-22(18)34-23(30)15-10-17-6-2-1-3-7-17/h1-16H,(H,28,31,33)/b15-10+,21-16-. The number of benzene rings is 3. The highest BCUT2D eigenvalue weighted by Gasteiger charge is 2.37. The van der Waals surface area contributed by atoms with Crippen molar-refractivity contribution in [1.82, 2.24) is 5.32 Å². The minimum absolute atomic E-state index is 0.163. The molecule has 1 fully saturated rings. The number of ether oxygens (including phenoxy) is 1. The highest BCUT2D eigenvalue weighted by molar-refractivity contribution is 14.1. The number of halogens is 1. The van der Waals surface area contributed by atoms with Crippen LogP contribution in [0.2, 0.25) is 0 Å². The maximum absolute atomic E-state index is 13.1. The van der Waals surface area contributed by atoms with Crippen molar-refractivity contribution < 1.29 is 23.9 Å². The number of anilines is 1. The third-order valence-electron chi connectivity index (χ3n) is 4.83. The van der Waals surface area contributed by atoms with Crippen LogP contribution < -0.4 is 15.0 Å². The summed E-state index contributed by atoms with van der Waals surface area (Å²) in [5.41, 5.74) is 1.23. The molecule has 3 aromatic carbocycles. The molecule has 1 N–H and O–H groups in total. The van der Waals surface area contributed by atoms with Gasteiger partial charge < -0.3 is 4.74 Å². The number of carbonyl (C=O) groups is 4.